The van der Waals surface area contributed by atoms with E-state index in [1.54, 1.807) is 48.3 Å². The highest BCUT2D eigenvalue weighted by molar-refractivity contribution is 6.30. The first-order chi connectivity index (χ1) is 9.60. The van der Waals surface area contributed by atoms with Crippen LogP contribution >= 0.6 is 11.6 Å². The molecule has 0 N–H and O–H groups in total. The Morgan fingerprint density at radius 1 is 1.15 bits per heavy atom. The number of carbonyl (C=O) groups is 1. The van der Waals surface area contributed by atoms with Gasteiger partial charge < -0.3 is 4.90 Å². The molecular weight excluding hydrogens is 272 g/mol. The smallest absolute Gasteiger partial charge is 0.253 e. The maximum atomic E-state index is 12.2. The van der Waals surface area contributed by atoms with Gasteiger partial charge in [-0.25, -0.2) is 0 Å². The lowest BCUT2D eigenvalue weighted by Gasteiger charge is -2.17. The third-order valence-corrected chi connectivity index (χ3v) is 3.19. The molecule has 0 saturated carbocycles. The maximum absolute atomic E-state index is 12.2. The number of benzene rings is 2. The van der Waals surface area contributed by atoms with Crippen LogP contribution in [0.2, 0.25) is 5.02 Å². The number of hydrogen-bond acceptors (Lipinski definition) is 2. The zero-order valence-electron chi connectivity index (χ0n) is 11.0. The van der Waals surface area contributed by atoms with Crippen molar-refractivity contribution in [1.29, 1.82) is 5.26 Å². The Kier molecular flexibility index (Phi) is 4.39. The molecule has 2 rings (SSSR count). The third kappa shape index (κ3) is 3.37. The number of hydrogen-bond donors (Lipinski definition) is 0. The van der Waals surface area contributed by atoms with Crippen LogP contribution in [0, 0.1) is 11.3 Å². The van der Waals surface area contributed by atoms with Crippen molar-refractivity contribution in [2.24, 2.45) is 0 Å². The van der Waals surface area contributed by atoms with Gasteiger partial charge in [-0.1, -0.05) is 23.7 Å². The van der Waals surface area contributed by atoms with Crippen LogP contribution in [0.4, 0.5) is 0 Å². The Hall–Kier alpha value is -2.31. The summed E-state index contributed by atoms with van der Waals surface area (Å²) in [5.41, 5.74) is 2.19. The number of carbonyl (C=O) groups excluding carboxylic acids is 1. The molecule has 0 aliphatic heterocycles. The SMILES string of the molecule is CN(Cc1ccc(C#N)cc1)C(=O)c1ccc(Cl)cc1. The second kappa shape index (κ2) is 6.23. The first kappa shape index (κ1) is 14.1. The maximum Gasteiger partial charge on any atom is 0.253 e. The normalized spacial score (nSPS) is 9.85. The molecule has 0 spiro atoms. The summed E-state index contributed by atoms with van der Waals surface area (Å²) in [6.45, 7) is 0.493. The van der Waals surface area contributed by atoms with E-state index in [0.29, 0.717) is 22.7 Å². The highest BCUT2D eigenvalue weighted by Gasteiger charge is 2.11. The van der Waals surface area contributed by atoms with E-state index in [1.807, 2.05) is 12.1 Å². The lowest BCUT2D eigenvalue weighted by atomic mass is 10.1. The molecule has 0 aliphatic carbocycles. The van der Waals surface area contributed by atoms with Crippen LogP contribution in [0.25, 0.3) is 0 Å². The van der Waals surface area contributed by atoms with E-state index in [0.717, 1.165) is 5.56 Å². The lowest BCUT2D eigenvalue weighted by molar-refractivity contribution is 0.0785. The molecule has 20 heavy (non-hydrogen) atoms. The van der Waals surface area contributed by atoms with Crippen molar-refractivity contribution in [2.45, 2.75) is 6.54 Å². The van der Waals surface area contributed by atoms with E-state index in [1.165, 1.54) is 0 Å². The van der Waals surface area contributed by atoms with Gasteiger partial charge in [-0.05, 0) is 42.0 Å². The molecule has 1 amide bonds. The van der Waals surface area contributed by atoms with Crippen molar-refractivity contribution >= 4 is 17.5 Å². The molecule has 2 aromatic carbocycles. The van der Waals surface area contributed by atoms with Crippen molar-refractivity contribution in [1.82, 2.24) is 4.90 Å². The molecule has 0 aromatic heterocycles. The molecule has 0 fully saturated rings. The first-order valence-electron chi connectivity index (χ1n) is 6.10. The summed E-state index contributed by atoms with van der Waals surface area (Å²) >= 11 is 5.80. The molecule has 0 saturated heterocycles. The molecule has 0 radical (unpaired) electrons. The molecule has 4 heteroatoms. The average Bonchev–Trinajstić information content (AvgIpc) is 2.48. The van der Waals surface area contributed by atoms with Crippen molar-refractivity contribution < 1.29 is 4.79 Å². The standard InChI is InChI=1S/C16H13ClN2O/c1-19(11-13-4-2-12(10-18)3-5-13)16(20)14-6-8-15(17)9-7-14/h2-9H,11H2,1H3. The van der Waals surface area contributed by atoms with Crippen LogP contribution in [-0.2, 0) is 6.54 Å². The van der Waals surface area contributed by atoms with Crippen LogP contribution < -0.4 is 0 Å². The highest BCUT2D eigenvalue weighted by Crippen LogP contribution is 2.13. The van der Waals surface area contributed by atoms with E-state index in [-0.39, 0.29) is 5.91 Å². The Morgan fingerprint density at radius 3 is 2.30 bits per heavy atom. The number of nitriles is 1. The van der Waals surface area contributed by atoms with Crippen LogP contribution in [0.3, 0.4) is 0 Å². The quantitative estimate of drug-likeness (QED) is 0.866. The topological polar surface area (TPSA) is 44.1 Å². The molecular formula is C16H13ClN2O. The fourth-order valence-electron chi connectivity index (χ4n) is 1.84. The Bertz CT molecular complexity index is 642. The summed E-state index contributed by atoms with van der Waals surface area (Å²) in [6, 6.07) is 16.1. The minimum absolute atomic E-state index is 0.0639. The first-order valence-corrected chi connectivity index (χ1v) is 6.48. The van der Waals surface area contributed by atoms with Gasteiger partial charge in [-0.3, -0.25) is 4.79 Å². The summed E-state index contributed by atoms with van der Waals surface area (Å²) in [4.78, 5) is 13.8. The Balaban J connectivity index is 2.07. The minimum atomic E-state index is -0.0639. The van der Waals surface area contributed by atoms with E-state index in [4.69, 9.17) is 16.9 Å². The van der Waals surface area contributed by atoms with E-state index < -0.39 is 0 Å². The Morgan fingerprint density at radius 2 is 1.75 bits per heavy atom. The van der Waals surface area contributed by atoms with Gasteiger partial charge in [0.2, 0.25) is 0 Å². The predicted octanol–water partition coefficient (Wildman–Crippen LogP) is 3.48. The lowest BCUT2D eigenvalue weighted by Crippen LogP contribution is -2.26. The monoisotopic (exact) mass is 284 g/mol. The summed E-state index contributed by atoms with van der Waals surface area (Å²) in [7, 11) is 1.75. The molecule has 0 unspecified atom stereocenters. The van der Waals surface area contributed by atoms with E-state index >= 15 is 0 Å². The summed E-state index contributed by atoms with van der Waals surface area (Å²) in [5, 5.41) is 9.35. The number of nitrogens with zero attached hydrogens (tertiary/aromatic N) is 2. The van der Waals surface area contributed by atoms with E-state index in [2.05, 4.69) is 6.07 Å². The average molecular weight is 285 g/mol. The third-order valence-electron chi connectivity index (χ3n) is 2.94. The fourth-order valence-corrected chi connectivity index (χ4v) is 1.97. The highest BCUT2D eigenvalue weighted by atomic mass is 35.5. The summed E-state index contributed by atoms with van der Waals surface area (Å²) in [5.74, 6) is -0.0639. The molecule has 0 atom stereocenters. The Labute approximate surface area is 123 Å². The zero-order valence-corrected chi connectivity index (χ0v) is 11.8. The van der Waals surface area contributed by atoms with Gasteiger partial charge in [0.25, 0.3) is 5.91 Å². The molecule has 2 aromatic rings. The van der Waals surface area contributed by atoms with Gasteiger partial charge in [0.1, 0.15) is 0 Å². The zero-order chi connectivity index (χ0) is 14.5. The van der Waals surface area contributed by atoms with Crippen LogP contribution in [-0.4, -0.2) is 17.9 Å². The molecule has 0 aliphatic rings. The number of rotatable bonds is 3. The van der Waals surface area contributed by atoms with Gasteiger partial charge in [-0.2, -0.15) is 5.26 Å². The summed E-state index contributed by atoms with van der Waals surface area (Å²) < 4.78 is 0. The molecule has 3 nitrogen and oxygen atoms in total. The van der Waals surface area contributed by atoms with Crippen LogP contribution in [0.5, 0.6) is 0 Å². The summed E-state index contributed by atoms with van der Waals surface area (Å²) in [6.07, 6.45) is 0. The second-order valence-electron chi connectivity index (χ2n) is 4.48. The van der Waals surface area contributed by atoms with Crippen molar-refractivity contribution in [3.63, 3.8) is 0 Å². The van der Waals surface area contributed by atoms with Gasteiger partial charge in [0.05, 0.1) is 11.6 Å². The van der Waals surface area contributed by atoms with Gasteiger partial charge in [0, 0.05) is 24.2 Å². The molecule has 100 valence electrons. The second-order valence-corrected chi connectivity index (χ2v) is 4.91. The largest absolute Gasteiger partial charge is 0.337 e. The number of amides is 1. The molecule has 0 heterocycles. The van der Waals surface area contributed by atoms with Crippen molar-refractivity contribution in [3.8, 4) is 6.07 Å². The van der Waals surface area contributed by atoms with Gasteiger partial charge in [0.15, 0.2) is 0 Å². The van der Waals surface area contributed by atoms with Crippen LogP contribution in [0.15, 0.2) is 48.5 Å². The van der Waals surface area contributed by atoms with Gasteiger partial charge >= 0.3 is 0 Å². The van der Waals surface area contributed by atoms with Gasteiger partial charge in [-0.15, -0.1) is 0 Å². The molecule has 0 bridgehead atoms. The fraction of sp³-hybridized carbons (Fsp3) is 0.125. The number of halogens is 1. The van der Waals surface area contributed by atoms with Crippen LogP contribution in [0.1, 0.15) is 21.5 Å². The van der Waals surface area contributed by atoms with E-state index in [9.17, 15) is 4.79 Å². The van der Waals surface area contributed by atoms with Crippen molar-refractivity contribution in [2.75, 3.05) is 7.05 Å². The predicted molar refractivity (Wildman–Crippen MR) is 78.4 cm³/mol. The minimum Gasteiger partial charge on any atom is -0.337 e. The van der Waals surface area contributed by atoms with Crippen molar-refractivity contribution in [3.05, 3.63) is 70.2 Å².